The summed E-state index contributed by atoms with van der Waals surface area (Å²) in [5.41, 5.74) is 17.0. The Morgan fingerprint density at radius 3 is 2.05 bits per heavy atom. The standard InChI is InChI=1S/C53H41N3S/c1-6-8-19-50-34(3)28-44(7-2)56(50)45-23-27-47-43(31-45)30-42-29-40(21-24-46(42)47)41-22-26-49-48-25-20-39(32-51(48)57-52(49)33-41)36(5)55-53(38-17-13-10-14-18-38)54-35(4)37-15-11-9-12-16-37/h6-29,31-33H,1-2,4,30H2,3,5H3/b19-8-,54-53?,55-36?. The van der Waals surface area contributed by atoms with E-state index in [0.717, 1.165) is 45.9 Å². The molecule has 2 aromatic heterocycles. The number of aryl methyl sites for hydroxylation is 1. The topological polar surface area (TPSA) is 29.6 Å². The van der Waals surface area contributed by atoms with Gasteiger partial charge in [-0.15, -0.1) is 11.3 Å². The quantitative estimate of drug-likeness (QED) is 0.0799. The summed E-state index contributed by atoms with van der Waals surface area (Å²) < 4.78 is 4.80. The monoisotopic (exact) mass is 751 g/mol. The van der Waals surface area contributed by atoms with Gasteiger partial charge in [0, 0.05) is 48.5 Å². The fraction of sp³-hybridized carbons (Fsp3) is 0.0566. The summed E-state index contributed by atoms with van der Waals surface area (Å²) in [6, 6.07) is 49.7. The van der Waals surface area contributed by atoms with Crippen LogP contribution in [-0.4, -0.2) is 16.1 Å². The Kier molecular flexibility index (Phi) is 9.41. The number of aromatic nitrogens is 1. The average Bonchev–Trinajstić information content (AvgIpc) is 3.91. The van der Waals surface area contributed by atoms with Crippen LogP contribution in [0.3, 0.4) is 0 Å². The van der Waals surface area contributed by atoms with Crippen LogP contribution in [0.1, 0.15) is 51.7 Å². The first-order chi connectivity index (χ1) is 27.9. The zero-order valence-electron chi connectivity index (χ0n) is 32.2. The maximum atomic E-state index is 5.08. The summed E-state index contributed by atoms with van der Waals surface area (Å²) in [7, 11) is 0. The second kappa shape index (κ2) is 15.0. The molecule has 6 aromatic carbocycles. The fourth-order valence-corrected chi connectivity index (χ4v) is 9.15. The van der Waals surface area contributed by atoms with Crippen molar-refractivity contribution in [3.8, 4) is 27.9 Å². The highest BCUT2D eigenvalue weighted by atomic mass is 32.1. The number of fused-ring (bicyclic) bond motifs is 6. The Bertz CT molecular complexity index is 2990. The zero-order chi connectivity index (χ0) is 39.0. The van der Waals surface area contributed by atoms with Crippen molar-refractivity contribution in [2.45, 2.75) is 20.3 Å². The summed E-state index contributed by atoms with van der Waals surface area (Å²) in [6.07, 6.45) is 8.76. The van der Waals surface area contributed by atoms with Gasteiger partial charge >= 0.3 is 0 Å². The van der Waals surface area contributed by atoms with Crippen molar-refractivity contribution in [1.29, 1.82) is 0 Å². The Balaban J connectivity index is 1.01. The summed E-state index contributed by atoms with van der Waals surface area (Å²) in [4.78, 5) is 10.00. The molecule has 1 aliphatic carbocycles. The minimum atomic E-state index is 0.643. The third kappa shape index (κ3) is 6.75. The van der Waals surface area contributed by atoms with Crippen LogP contribution in [0, 0.1) is 6.92 Å². The van der Waals surface area contributed by atoms with Crippen molar-refractivity contribution in [2.24, 2.45) is 9.98 Å². The minimum Gasteiger partial charge on any atom is -0.310 e. The molecule has 1 aliphatic rings. The highest BCUT2D eigenvalue weighted by Crippen LogP contribution is 2.42. The second-order valence-corrected chi connectivity index (χ2v) is 15.6. The first kappa shape index (κ1) is 35.8. The molecule has 0 saturated heterocycles. The lowest BCUT2D eigenvalue weighted by Crippen LogP contribution is -2.04. The molecule has 0 bridgehead atoms. The van der Waals surface area contributed by atoms with E-state index in [1.165, 1.54) is 59.1 Å². The lowest BCUT2D eigenvalue weighted by molar-refractivity contribution is 1.04. The highest BCUT2D eigenvalue weighted by molar-refractivity contribution is 7.25. The number of aliphatic imine (C=N–C) groups is 2. The lowest BCUT2D eigenvalue weighted by Gasteiger charge is -2.12. The number of rotatable bonds is 9. The van der Waals surface area contributed by atoms with E-state index in [1.54, 1.807) is 0 Å². The van der Waals surface area contributed by atoms with Gasteiger partial charge in [-0.25, -0.2) is 9.98 Å². The molecule has 0 unspecified atom stereocenters. The first-order valence-corrected chi connectivity index (χ1v) is 20.0. The molecule has 0 aliphatic heterocycles. The number of amidine groups is 1. The number of allylic oxidation sites excluding steroid dienone is 2. The van der Waals surface area contributed by atoms with Gasteiger partial charge < -0.3 is 4.57 Å². The van der Waals surface area contributed by atoms with E-state index in [0.29, 0.717) is 11.5 Å². The van der Waals surface area contributed by atoms with Gasteiger partial charge in [-0.05, 0) is 113 Å². The molecule has 274 valence electrons. The van der Waals surface area contributed by atoms with Crippen LogP contribution in [0.15, 0.2) is 181 Å². The molecule has 9 rings (SSSR count). The number of hydrogen-bond donors (Lipinski definition) is 0. The van der Waals surface area contributed by atoms with Gasteiger partial charge in [0.05, 0.1) is 5.70 Å². The predicted molar refractivity (Wildman–Crippen MR) is 247 cm³/mol. The van der Waals surface area contributed by atoms with Crippen LogP contribution in [0.25, 0.3) is 66.0 Å². The van der Waals surface area contributed by atoms with E-state index in [-0.39, 0.29) is 0 Å². The zero-order valence-corrected chi connectivity index (χ0v) is 33.0. The molecule has 2 heterocycles. The minimum absolute atomic E-state index is 0.643. The van der Waals surface area contributed by atoms with E-state index >= 15 is 0 Å². The molecule has 0 atom stereocenters. The predicted octanol–water partition coefficient (Wildman–Crippen LogP) is 14.2. The molecule has 57 heavy (non-hydrogen) atoms. The van der Waals surface area contributed by atoms with Gasteiger partial charge in [-0.2, -0.15) is 0 Å². The highest BCUT2D eigenvalue weighted by Gasteiger charge is 2.21. The molecule has 4 heteroatoms. The summed E-state index contributed by atoms with van der Waals surface area (Å²) in [6.45, 7) is 16.4. The molecule has 0 amide bonds. The van der Waals surface area contributed by atoms with Gasteiger partial charge in [0.1, 0.15) is 0 Å². The molecular formula is C53H41N3S. The number of benzene rings is 6. The van der Waals surface area contributed by atoms with Gasteiger partial charge in [-0.1, -0.05) is 141 Å². The number of thiophene rings is 1. The smallest absolute Gasteiger partial charge is 0.160 e. The van der Waals surface area contributed by atoms with Crippen molar-refractivity contribution in [1.82, 2.24) is 4.57 Å². The van der Waals surface area contributed by atoms with Gasteiger partial charge in [-0.3, -0.25) is 0 Å². The average molecular weight is 752 g/mol. The van der Waals surface area contributed by atoms with Crippen LogP contribution in [-0.2, 0) is 6.42 Å². The Hall–Kier alpha value is -6.88. The molecule has 0 radical (unpaired) electrons. The van der Waals surface area contributed by atoms with Crippen LogP contribution >= 0.6 is 11.3 Å². The van der Waals surface area contributed by atoms with Crippen molar-refractivity contribution in [3.63, 3.8) is 0 Å². The normalized spacial score (nSPS) is 12.7. The molecule has 0 fully saturated rings. The second-order valence-electron chi connectivity index (χ2n) is 14.5. The van der Waals surface area contributed by atoms with Crippen LogP contribution in [0.2, 0.25) is 0 Å². The largest absolute Gasteiger partial charge is 0.310 e. The van der Waals surface area contributed by atoms with Crippen molar-refractivity contribution < 1.29 is 0 Å². The van der Waals surface area contributed by atoms with E-state index in [9.17, 15) is 0 Å². The maximum Gasteiger partial charge on any atom is 0.160 e. The van der Waals surface area contributed by atoms with Gasteiger partial charge in [0.25, 0.3) is 0 Å². The van der Waals surface area contributed by atoms with Gasteiger partial charge in [0.15, 0.2) is 5.84 Å². The Morgan fingerprint density at radius 1 is 0.667 bits per heavy atom. The summed E-state index contributed by atoms with van der Waals surface area (Å²) in [5, 5.41) is 2.53. The third-order valence-corrected chi connectivity index (χ3v) is 12.0. The van der Waals surface area contributed by atoms with Crippen molar-refractivity contribution in [3.05, 3.63) is 216 Å². The molecule has 0 spiro atoms. The number of nitrogens with zero attached hydrogens (tertiary/aromatic N) is 3. The summed E-state index contributed by atoms with van der Waals surface area (Å²) >= 11 is 1.83. The van der Waals surface area contributed by atoms with E-state index in [2.05, 4.69) is 123 Å². The van der Waals surface area contributed by atoms with Crippen LogP contribution in [0.5, 0.6) is 0 Å². The van der Waals surface area contributed by atoms with Crippen molar-refractivity contribution >= 4 is 60.9 Å². The maximum absolute atomic E-state index is 5.08. The van der Waals surface area contributed by atoms with E-state index < -0.39 is 0 Å². The fourth-order valence-electron chi connectivity index (χ4n) is 7.96. The molecule has 3 nitrogen and oxygen atoms in total. The SMILES string of the molecule is C=C/C=C\c1c(C)cc(C=C)n1-c1ccc2c(c1)Cc1cc(-c3ccc4c(c3)sc3cc(C(C)=NC(=NC(=C)c5ccccc5)c5ccccc5)ccc34)ccc1-2. The molecule has 8 aromatic rings. The third-order valence-electron chi connectivity index (χ3n) is 10.9. The lowest BCUT2D eigenvalue weighted by atomic mass is 9.98. The summed E-state index contributed by atoms with van der Waals surface area (Å²) in [5.74, 6) is 0.643. The molecule has 0 saturated carbocycles. The Labute approximate surface area is 338 Å². The molecular weight excluding hydrogens is 711 g/mol. The van der Waals surface area contributed by atoms with Crippen molar-refractivity contribution in [2.75, 3.05) is 0 Å². The van der Waals surface area contributed by atoms with E-state index in [4.69, 9.17) is 9.98 Å². The first-order valence-electron chi connectivity index (χ1n) is 19.2. The van der Waals surface area contributed by atoms with E-state index in [1.807, 2.05) is 90.2 Å². The molecule has 0 N–H and O–H groups in total. The van der Waals surface area contributed by atoms with Crippen LogP contribution < -0.4 is 0 Å². The van der Waals surface area contributed by atoms with Gasteiger partial charge in [0.2, 0.25) is 0 Å². The van der Waals surface area contributed by atoms with Crippen LogP contribution in [0.4, 0.5) is 0 Å². The Morgan fingerprint density at radius 2 is 1.32 bits per heavy atom. The number of hydrogen-bond acceptors (Lipinski definition) is 2.